The minimum Gasteiger partial charge on any atom is -0.337 e. The molecule has 0 bridgehead atoms. The normalized spacial score (nSPS) is 15.5. The molecule has 0 saturated carbocycles. The van der Waals surface area contributed by atoms with Crippen molar-refractivity contribution < 1.29 is 9.72 Å². The van der Waals surface area contributed by atoms with Crippen molar-refractivity contribution in [2.45, 2.75) is 13.0 Å². The number of benzene rings is 2. The molecule has 1 saturated heterocycles. The van der Waals surface area contributed by atoms with Crippen LogP contribution in [0, 0.1) is 10.1 Å². The van der Waals surface area contributed by atoms with Gasteiger partial charge < -0.3 is 4.90 Å². The molecule has 3 rings (SSSR count). The van der Waals surface area contributed by atoms with Gasteiger partial charge in [0.05, 0.1) is 15.5 Å². The largest absolute Gasteiger partial charge is 0.337 e. The van der Waals surface area contributed by atoms with Gasteiger partial charge in [0.2, 0.25) is 0 Å². The van der Waals surface area contributed by atoms with Crippen LogP contribution >= 0.6 is 11.6 Å². The molecule has 1 heterocycles. The minimum absolute atomic E-state index is 0.0483. The molecule has 7 heteroatoms. The molecule has 0 aliphatic carbocycles. The standard InChI is InChI=1S/C19H20ClN3O3/c20-18-8-2-1-7-17(18)19(24)22-10-4-9-21(11-12-22)14-15-5-3-6-16(13-15)23(25)26/h1-3,5-8,13H,4,9-12,14H2. The van der Waals surface area contributed by atoms with Gasteiger partial charge in [0, 0.05) is 44.9 Å². The number of carbonyl (C=O) groups is 1. The molecule has 2 aromatic carbocycles. The number of nitro benzene ring substituents is 1. The third kappa shape index (κ3) is 4.39. The quantitative estimate of drug-likeness (QED) is 0.606. The smallest absolute Gasteiger partial charge is 0.269 e. The van der Waals surface area contributed by atoms with Crippen LogP contribution in [0.15, 0.2) is 48.5 Å². The summed E-state index contributed by atoms with van der Waals surface area (Å²) in [5.74, 6) is -0.0483. The molecule has 136 valence electrons. The molecular formula is C19H20ClN3O3. The molecule has 0 unspecified atom stereocenters. The lowest BCUT2D eigenvalue weighted by Crippen LogP contribution is -2.35. The van der Waals surface area contributed by atoms with Crippen LogP contribution in [0.3, 0.4) is 0 Å². The summed E-state index contributed by atoms with van der Waals surface area (Å²) in [6.45, 7) is 3.48. The van der Waals surface area contributed by atoms with Crippen molar-refractivity contribution in [1.82, 2.24) is 9.80 Å². The number of amides is 1. The number of rotatable bonds is 4. The van der Waals surface area contributed by atoms with Crippen molar-refractivity contribution in [3.05, 3.63) is 74.8 Å². The molecule has 26 heavy (non-hydrogen) atoms. The Labute approximate surface area is 157 Å². The van der Waals surface area contributed by atoms with Gasteiger partial charge in [0.25, 0.3) is 11.6 Å². The number of nitro groups is 1. The van der Waals surface area contributed by atoms with Crippen molar-refractivity contribution in [2.75, 3.05) is 26.2 Å². The summed E-state index contributed by atoms with van der Waals surface area (Å²) >= 11 is 6.14. The predicted molar refractivity (Wildman–Crippen MR) is 100 cm³/mol. The van der Waals surface area contributed by atoms with Crippen LogP contribution in [0.25, 0.3) is 0 Å². The Kier molecular flexibility index (Phi) is 5.85. The fourth-order valence-electron chi connectivity index (χ4n) is 3.16. The van der Waals surface area contributed by atoms with Gasteiger partial charge in [-0.25, -0.2) is 0 Å². The average molecular weight is 374 g/mol. The van der Waals surface area contributed by atoms with E-state index in [9.17, 15) is 14.9 Å². The molecule has 1 aliphatic heterocycles. The van der Waals surface area contributed by atoms with Gasteiger partial charge in [-0.1, -0.05) is 35.9 Å². The predicted octanol–water partition coefficient (Wildman–Crippen LogP) is 3.60. The van der Waals surface area contributed by atoms with Crippen LogP contribution in [0.4, 0.5) is 5.69 Å². The lowest BCUT2D eigenvalue weighted by molar-refractivity contribution is -0.384. The van der Waals surface area contributed by atoms with Gasteiger partial charge in [-0.3, -0.25) is 19.8 Å². The molecule has 0 aromatic heterocycles. The summed E-state index contributed by atoms with van der Waals surface area (Å²) in [6.07, 6.45) is 0.852. The zero-order chi connectivity index (χ0) is 18.5. The number of hydrogen-bond acceptors (Lipinski definition) is 4. The Morgan fingerprint density at radius 3 is 2.65 bits per heavy atom. The van der Waals surface area contributed by atoms with E-state index in [1.54, 1.807) is 24.3 Å². The fourth-order valence-corrected chi connectivity index (χ4v) is 3.38. The van der Waals surface area contributed by atoms with E-state index in [0.29, 0.717) is 30.2 Å². The second kappa shape index (κ2) is 8.29. The van der Waals surface area contributed by atoms with Crippen molar-refractivity contribution in [3.8, 4) is 0 Å². The van der Waals surface area contributed by atoms with Crippen LogP contribution in [-0.4, -0.2) is 46.8 Å². The highest BCUT2D eigenvalue weighted by Gasteiger charge is 2.22. The maximum atomic E-state index is 12.7. The van der Waals surface area contributed by atoms with Crippen LogP contribution in [0.2, 0.25) is 5.02 Å². The van der Waals surface area contributed by atoms with Crippen molar-refractivity contribution in [3.63, 3.8) is 0 Å². The second-order valence-electron chi connectivity index (χ2n) is 6.33. The van der Waals surface area contributed by atoms with Crippen LogP contribution < -0.4 is 0 Å². The van der Waals surface area contributed by atoms with Gasteiger partial charge in [0.1, 0.15) is 0 Å². The number of halogens is 1. The first kappa shape index (κ1) is 18.4. The topological polar surface area (TPSA) is 66.7 Å². The number of carbonyl (C=O) groups excluding carboxylic acids is 1. The molecule has 0 atom stereocenters. The van der Waals surface area contributed by atoms with E-state index in [2.05, 4.69) is 4.90 Å². The SMILES string of the molecule is O=C(c1ccccc1Cl)N1CCCN(Cc2cccc([N+](=O)[O-])c2)CC1. The summed E-state index contributed by atoms with van der Waals surface area (Å²) in [6, 6.07) is 13.8. The molecule has 0 spiro atoms. The van der Waals surface area contributed by atoms with Gasteiger partial charge in [-0.2, -0.15) is 0 Å². The molecule has 0 radical (unpaired) electrons. The summed E-state index contributed by atoms with van der Waals surface area (Å²) in [7, 11) is 0. The molecule has 0 N–H and O–H groups in total. The molecular weight excluding hydrogens is 354 g/mol. The Bertz CT molecular complexity index is 812. The maximum absolute atomic E-state index is 12.7. The third-order valence-corrected chi connectivity index (χ3v) is 4.84. The highest BCUT2D eigenvalue weighted by molar-refractivity contribution is 6.33. The van der Waals surface area contributed by atoms with Crippen molar-refractivity contribution in [1.29, 1.82) is 0 Å². The Morgan fingerprint density at radius 2 is 1.88 bits per heavy atom. The second-order valence-corrected chi connectivity index (χ2v) is 6.74. The number of non-ortho nitro benzene ring substituents is 1. The summed E-state index contributed by atoms with van der Waals surface area (Å²) < 4.78 is 0. The molecule has 6 nitrogen and oxygen atoms in total. The number of hydrogen-bond donors (Lipinski definition) is 0. The van der Waals surface area contributed by atoms with E-state index in [0.717, 1.165) is 25.1 Å². The zero-order valence-electron chi connectivity index (χ0n) is 14.3. The first-order valence-corrected chi connectivity index (χ1v) is 8.92. The Balaban J connectivity index is 1.63. The van der Waals surface area contributed by atoms with E-state index in [-0.39, 0.29) is 16.5 Å². The Morgan fingerprint density at radius 1 is 1.08 bits per heavy atom. The lowest BCUT2D eigenvalue weighted by Gasteiger charge is -2.22. The van der Waals surface area contributed by atoms with E-state index in [1.165, 1.54) is 6.07 Å². The van der Waals surface area contributed by atoms with E-state index in [1.807, 2.05) is 23.1 Å². The average Bonchev–Trinajstić information content (AvgIpc) is 2.87. The highest BCUT2D eigenvalue weighted by Crippen LogP contribution is 2.19. The molecule has 2 aromatic rings. The van der Waals surface area contributed by atoms with Crippen LogP contribution in [0.5, 0.6) is 0 Å². The highest BCUT2D eigenvalue weighted by atomic mass is 35.5. The van der Waals surface area contributed by atoms with Crippen LogP contribution in [-0.2, 0) is 6.54 Å². The third-order valence-electron chi connectivity index (χ3n) is 4.51. The Hall–Kier alpha value is -2.44. The van der Waals surface area contributed by atoms with Gasteiger partial charge >= 0.3 is 0 Å². The number of nitrogens with zero attached hydrogens (tertiary/aromatic N) is 3. The summed E-state index contributed by atoms with van der Waals surface area (Å²) in [5.41, 5.74) is 1.54. The van der Waals surface area contributed by atoms with Gasteiger partial charge in [-0.15, -0.1) is 0 Å². The fraction of sp³-hybridized carbons (Fsp3) is 0.316. The van der Waals surface area contributed by atoms with E-state index >= 15 is 0 Å². The zero-order valence-corrected chi connectivity index (χ0v) is 15.1. The monoisotopic (exact) mass is 373 g/mol. The van der Waals surface area contributed by atoms with Gasteiger partial charge in [0.15, 0.2) is 0 Å². The molecule has 1 amide bonds. The van der Waals surface area contributed by atoms with Crippen molar-refractivity contribution >= 4 is 23.2 Å². The first-order valence-electron chi connectivity index (χ1n) is 8.54. The lowest BCUT2D eigenvalue weighted by atomic mass is 10.2. The summed E-state index contributed by atoms with van der Waals surface area (Å²) in [4.78, 5) is 27.3. The van der Waals surface area contributed by atoms with E-state index in [4.69, 9.17) is 11.6 Å². The molecule has 1 fully saturated rings. The minimum atomic E-state index is -0.379. The summed E-state index contributed by atoms with van der Waals surface area (Å²) in [5, 5.41) is 11.4. The maximum Gasteiger partial charge on any atom is 0.269 e. The molecule has 1 aliphatic rings. The van der Waals surface area contributed by atoms with Crippen molar-refractivity contribution in [2.24, 2.45) is 0 Å². The van der Waals surface area contributed by atoms with Crippen LogP contribution in [0.1, 0.15) is 22.3 Å². The van der Waals surface area contributed by atoms with Gasteiger partial charge in [-0.05, 0) is 24.1 Å². The van der Waals surface area contributed by atoms with E-state index < -0.39 is 0 Å². The first-order chi connectivity index (χ1) is 12.5.